The lowest BCUT2D eigenvalue weighted by atomic mass is 10.1. The van der Waals surface area contributed by atoms with E-state index in [-0.39, 0.29) is 11.9 Å². The molecule has 0 spiro atoms. The number of hydrogen-bond acceptors (Lipinski definition) is 4. The fourth-order valence-electron chi connectivity index (χ4n) is 2.38. The Labute approximate surface area is 126 Å². The fraction of sp³-hybridized carbons (Fsp3) is 0.462. The average Bonchev–Trinajstić information content (AvgIpc) is 2.82. The van der Waals surface area contributed by atoms with Crippen LogP contribution in [0.5, 0.6) is 0 Å². The van der Waals surface area contributed by atoms with Crippen LogP contribution in [0.15, 0.2) is 5.38 Å². The summed E-state index contributed by atoms with van der Waals surface area (Å²) in [6.07, 6.45) is 0. The van der Waals surface area contributed by atoms with Gasteiger partial charge in [-0.15, -0.1) is 11.3 Å². The van der Waals surface area contributed by atoms with Gasteiger partial charge in [-0.2, -0.15) is 5.10 Å². The molecule has 3 heterocycles. The SMILES string of the molecule is Cc1nc(C)n(C2CN(C(=O)c3scc(C)c3Cl)C2)n1. The van der Waals surface area contributed by atoms with E-state index in [1.807, 2.05) is 30.8 Å². The molecular formula is C13H15ClN4OS. The van der Waals surface area contributed by atoms with Gasteiger partial charge >= 0.3 is 0 Å². The first kappa shape index (κ1) is 13.6. The monoisotopic (exact) mass is 310 g/mol. The minimum atomic E-state index is 0.0128. The first-order chi connectivity index (χ1) is 9.47. The number of likely N-dealkylation sites (tertiary alicyclic amines) is 1. The van der Waals surface area contributed by atoms with Crippen LogP contribution in [0.3, 0.4) is 0 Å². The van der Waals surface area contributed by atoms with E-state index < -0.39 is 0 Å². The van der Waals surface area contributed by atoms with Crippen LogP contribution in [0.25, 0.3) is 0 Å². The van der Waals surface area contributed by atoms with Crippen LogP contribution in [0.4, 0.5) is 0 Å². The summed E-state index contributed by atoms with van der Waals surface area (Å²) >= 11 is 7.55. The van der Waals surface area contributed by atoms with Crippen molar-refractivity contribution in [3.8, 4) is 0 Å². The smallest absolute Gasteiger partial charge is 0.265 e. The second kappa shape index (κ2) is 4.86. The summed E-state index contributed by atoms with van der Waals surface area (Å²) in [5.41, 5.74) is 0.958. The topological polar surface area (TPSA) is 51.0 Å². The van der Waals surface area contributed by atoms with E-state index in [4.69, 9.17) is 11.6 Å². The largest absolute Gasteiger partial charge is 0.333 e. The van der Waals surface area contributed by atoms with Gasteiger partial charge in [0.2, 0.25) is 0 Å². The van der Waals surface area contributed by atoms with Gasteiger partial charge in [0.05, 0.1) is 11.1 Å². The molecule has 1 amide bonds. The fourth-order valence-corrected chi connectivity index (χ4v) is 3.62. The summed E-state index contributed by atoms with van der Waals surface area (Å²) in [6, 6.07) is 0.222. The van der Waals surface area contributed by atoms with Crippen molar-refractivity contribution >= 4 is 28.8 Å². The van der Waals surface area contributed by atoms with Crippen molar-refractivity contribution in [3.05, 3.63) is 32.5 Å². The van der Waals surface area contributed by atoms with Crippen molar-refractivity contribution < 1.29 is 4.79 Å². The van der Waals surface area contributed by atoms with E-state index in [2.05, 4.69) is 10.1 Å². The van der Waals surface area contributed by atoms with Crippen molar-refractivity contribution in [2.45, 2.75) is 26.8 Å². The summed E-state index contributed by atoms with van der Waals surface area (Å²) in [6.45, 7) is 7.05. The lowest BCUT2D eigenvalue weighted by Crippen LogP contribution is -2.51. The Hall–Kier alpha value is -1.40. The molecule has 1 aliphatic rings. The number of amides is 1. The van der Waals surface area contributed by atoms with Gasteiger partial charge < -0.3 is 4.90 Å². The van der Waals surface area contributed by atoms with Crippen LogP contribution in [0, 0.1) is 20.8 Å². The molecule has 0 bridgehead atoms. The Morgan fingerprint density at radius 1 is 1.40 bits per heavy atom. The first-order valence-corrected chi connectivity index (χ1v) is 7.65. The van der Waals surface area contributed by atoms with Gasteiger partial charge in [-0.1, -0.05) is 11.6 Å². The van der Waals surface area contributed by atoms with Crippen molar-refractivity contribution in [3.63, 3.8) is 0 Å². The molecule has 0 saturated carbocycles. The number of halogens is 1. The normalized spacial score (nSPS) is 15.5. The molecule has 2 aromatic heterocycles. The van der Waals surface area contributed by atoms with Crippen LogP contribution in [0.1, 0.15) is 32.9 Å². The second-order valence-electron chi connectivity index (χ2n) is 5.08. The van der Waals surface area contributed by atoms with Gasteiger partial charge in [0.25, 0.3) is 5.91 Å². The molecule has 5 nitrogen and oxygen atoms in total. The van der Waals surface area contributed by atoms with Crippen LogP contribution in [0.2, 0.25) is 5.02 Å². The molecule has 106 valence electrons. The van der Waals surface area contributed by atoms with Crippen molar-refractivity contribution in [2.75, 3.05) is 13.1 Å². The van der Waals surface area contributed by atoms with E-state index in [1.54, 1.807) is 4.90 Å². The lowest BCUT2D eigenvalue weighted by Gasteiger charge is -2.39. The number of rotatable bonds is 2. The van der Waals surface area contributed by atoms with Crippen LogP contribution >= 0.6 is 22.9 Å². The highest BCUT2D eigenvalue weighted by atomic mass is 35.5. The maximum Gasteiger partial charge on any atom is 0.265 e. The highest BCUT2D eigenvalue weighted by molar-refractivity contribution is 7.13. The highest BCUT2D eigenvalue weighted by Crippen LogP contribution is 2.31. The highest BCUT2D eigenvalue weighted by Gasteiger charge is 2.35. The number of aryl methyl sites for hydroxylation is 3. The third kappa shape index (κ3) is 2.13. The Kier molecular flexibility index (Phi) is 3.30. The number of aromatic nitrogens is 3. The summed E-state index contributed by atoms with van der Waals surface area (Å²) in [5.74, 6) is 1.67. The number of hydrogen-bond donors (Lipinski definition) is 0. The molecule has 0 unspecified atom stereocenters. The minimum Gasteiger partial charge on any atom is -0.333 e. The van der Waals surface area contributed by atoms with E-state index in [0.717, 1.165) is 17.2 Å². The minimum absolute atomic E-state index is 0.0128. The molecule has 0 radical (unpaired) electrons. The van der Waals surface area contributed by atoms with E-state index in [1.165, 1.54) is 11.3 Å². The predicted octanol–water partition coefficient (Wildman–Crippen LogP) is 2.62. The number of thiophene rings is 1. The Balaban J connectivity index is 1.70. The molecule has 1 aliphatic heterocycles. The first-order valence-electron chi connectivity index (χ1n) is 6.40. The molecule has 1 saturated heterocycles. The van der Waals surface area contributed by atoms with Crippen molar-refractivity contribution in [2.24, 2.45) is 0 Å². The van der Waals surface area contributed by atoms with Gasteiger partial charge in [0, 0.05) is 13.1 Å². The molecule has 0 atom stereocenters. The predicted molar refractivity (Wildman–Crippen MR) is 78.5 cm³/mol. The Bertz CT molecular complexity index is 672. The third-order valence-electron chi connectivity index (χ3n) is 3.50. The summed E-state index contributed by atoms with van der Waals surface area (Å²) < 4.78 is 1.90. The summed E-state index contributed by atoms with van der Waals surface area (Å²) in [4.78, 5) is 19.1. The number of carbonyl (C=O) groups excluding carboxylic acids is 1. The lowest BCUT2D eigenvalue weighted by molar-refractivity contribution is 0.0502. The zero-order valence-corrected chi connectivity index (χ0v) is 13.1. The molecule has 20 heavy (non-hydrogen) atoms. The molecular weight excluding hydrogens is 296 g/mol. The van der Waals surface area contributed by atoms with Gasteiger partial charge in [0.15, 0.2) is 0 Å². The number of carbonyl (C=O) groups is 1. The van der Waals surface area contributed by atoms with Crippen molar-refractivity contribution in [1.82, 2.24) is 19.7 Å². The zero-order valence-electron chi connectivity index (χ0n) is 11.6. The van der Waals surface area contributed by atoms with E-state index >= 15 is 0 Å². The van der Waals surface area contributed by atoms with E-state index in [9.17, 15) is 4.79 Å². The molecule has 0 N–H and O–H groups in total. The van der Waals surface area contributed by atoms with E-state index in [0.29, 0.717) is 23.0 Å². The zero-order chi connectivity index (χ0) is 14.4. The van der Waals surface area contributed by atoms with Crippen LogP contribution in [-0.2, 0) is 0 Å². The van der Waals surface area contributed by atoms with Crippen molar-refractivity contribution in [1.29, 1.82) is 0 Å². The van der Waals surface area contributed by atoms with Gasteiger partial charge in [-0.05, 0) is 31.7 Å². The standard InChI is InChI=1S/C13H15ClN4OS/c1-7-6-20-12(11(7)14)13(19)17-4-10(5-17)18-9(3)15-8(2)16-18/h6,10H,4-5H2,1-3H3. The van der Waals surface area contributed by atoms with Gasteiger partial charge in [-0.3, -0.25) is 4.79 Å². The third-order valence-corrected chi connectivity index (χ3v) is 5.18. The van der Waals surface area contributed by atoms with Gasteiger partial charge in [0.1, 0.15) is 16.5 Å². The maximum atomic E-state index is 12.3. The van der Waals surface area contributed by atoms with Crippen LogP contribution in [-0.4, -0.2) is 38.7 Å². The molecule has 0 aromatic carbocycles. The van der Waals surface area contributed by atoms with Crippen LogP contribution < -0.4 is 0 Å². The number of nitrogens with zero attached hydrogens (tertiary/aromatic N) is 4. The van der Waals surface area contributed by atoms with Gasteiger partial charge in [-0.25, -0.2) is 9.67 Å². The second-order valence-corrected chi connectivity index (χ2v) is 6.33. The molecule has 1 fully saturated rings. The molecule has 3 rings (SSSR count). The quantitative estimate of drug-likeness (QED) is 0.857. The maximum absolute atomic E-state index is 12.3. The average molecular weight is 311 g/mol. The summed E-state index contributed by atoms with van der Waals surface area (Å²) in [7, 11) is 0. The Morgan fingerprint density at radius 3 is 2.60 bits per heavy atom. The molecule has 2 aromatic rings. The Morgan fingerprint density at radius 2 is 2.10 bits per heavy atom. The molecule has 0 aliphatic carbocycles. The summed E-state index contributed by atoms with van der Waals surface area (Å²) in [5, 5.41) is 6.86. The molecule has 7 heteroatoms.